The van der Waals surface area contributed by atoms with Crippen LogP contribution in [0.2, 0.25) is 0 Å². The van der Waals surface area contributed by atoms with E-state index in [0.29, 0.717) is 0 Å². The number of carboxylic acids is 1. The molecule has 0 fully saturated rings. The van der Waals surface area contributed by atoms with Gasteiger partial charge in [0.25, 0.3) is 11.5 Å². The predicted molar refractivity (Wildman–Crippen MR) is 66.1 cm³/mol. The van der Waals surface area contributed by atoms with Crippen molar-refractivity contribution >= 4 is 11.9 Å². The zero-order valence-electron chi connectivity index (χ0n) is 10.6. The van der Waals surface area contributed by atoms with Crippen LogP contribution in [0.4, 0.5) is 0 Å². The summed E-state index contributed by atoms with van der Waals surface area (Å²) in [6.07, 6.45) is 1.22. The molecule has 0 bridgehead atoms. The fourth-order valence-corrected chi connectivity index (χ4v) is 1.44. The second-order valence-electron chi connectivity index (χ2n) is 4.18. The molecule has 0 aliphatic carbocycles. The number of H-pyrrole nitrogens is 1. The maximum absolute atomic E-state index is 11.8. The normalized spacial score (nSPS) is 11.9. The Bertz CT molecular complexity index is 601. The second-order valence-corrected chi connectivity index (χ2v) is 4.18. The van der Waals surface area contributed by atoms with Crippen LogP contribution in [0.5, 0.6) is 0 Å². The van der Waals surface area contributed by atoms with Crippen molar-refractivity contribution in [1.82, 2.24) is 14.9 Å². The van der Waals surface area contributed by atoms with Gasteiger partial charge in [-0.3, -0.25) is 19.0 Å². The third-order valence-electron chi connectivity index (χ3n) is 2.59. The van der Waals surface area contributed by atoms with Crippen LogP contribution < -0.4 is 16.6 Å². The quantitative estimate of drug-likeness (QED) is 0.636. The van der Waals surface area contributed by atoms with E-state index in [1.165, 1.54) is 7.05 Å². The van der Waals surface area contributed by atoms with Crippen molar-refractivity contribution in [3.63, 3.8) is 0 Å². The number of carbonyl (C=O) groups is 2. The number of carbonyl (C=O) groups excluding carboxylic acids is 1. The average molecular weight is 269 g/mol. The van der Waals surface area contributed by atoms with Crippen LogP contribution in [0.1, 0.15) is 30.1 Å². The number of aromatic amines is 1. The fraction of sp³-hybridized carbons (Fsp3) is 0.455. The third kappa shape index (κ3) is 3.80. The molecule has 0 spiro atoms. The smallest absolute Gasteiger partial charge is 0.328 e. The van der Waals surface area contributed by atoms with Gasteiger partial charge in [-0.1, -0.05) is 0 Å². The van der Waals surface area contributed by atoms with Crippen LogP contribution >= 0.6 is 0 Å². The molecule has 0 saturated heterocycles. The molecular weight excluding hydrogens is 254 g/mol. The minimum absolute atomic E-state index is 0.0783. The Morgan fingerprint density at radius 3 is 2.68 bits per heavy atom. The van der Waals surface area contributed by atoms with E-state index < -0.39 is 23.1 Å². The molecule has 8 heteroatoms. The minimum Gasteiger partial charge on any atom is -0.481 e. The first-order chi connectivity index (χ1) is 8.82. The molecule has 8 nitrogen and oxygen atoms in total. The Morgan fingerprint density at radius 1 is 1.47 bits per heavy atom. The van der Waals surface area contributed by atoms with Gasteiger partial charge < -0.3 is 15.4 Å². The molecule has 0 radical (unpaired) electrons. The summed E-state index contributed by atoms with van der Waals surface area (Å²) in [5, 5.41) is 11.0. The van der Waals surface area contributed by atoms with E-state index in [-0.39, 0.29) is 24.4 Å². The van der Waals surface area contributed by atoms with Gasteiger partial charge in [-0.05, 0) is 13.3 Å². The lowest BCUT2D eigenvalue weighted by atomic mass is 10.1. The fourth-order valence-electron chi connectivity index (χ4n) is 1.44. The maximum atomic E-state index is 11.8. The van der Waals surface area contributed by atoms with Gasteiger partial charge in [0.2, 0.25) is 0 Å². The molecule has 19 heavy (non-hydrogen) atoms. The molecule has 0 aliphatic heterocycles. The molecular formula is C11H15N3O5. The lowest BCUT2D eigenvalue weighted by molar-refractivity contribution is -0.137. The second kappa shape index (κ2) is 5.98. The number of carboxylic acid groups (broad SMARTS) is 1. The van der Waals surface area contributed by atoms with Crippen LogP contribution in [0.3, 0.4) is 0 Å². The van der Waals surface area contributed by atoms with Crippen LogP contribution in [-0.2, 0) is 11.8 Å². The van der Waals surface area contributed by atoms with E-state index in [2.05, 4.69) is 10.3 Å². The summed E-state index contributed by atoms with van der Waals surface area (Å²) >= 11 is 0. The molecule has 1 unspecified atom stereocenters. The molecule has 3 N–H and O–H groups in total. The summed E-state index contributed by atoms with van der Waals surface area (Å²) in [5.74, 6) is -1.60. The standard InChI is InChI=1S/C11H15N3O5/c1-6(3-4-8(15)16)13-9(17)7-5-12-11(19)14(2)10(7)18/h5-6H,3-4H2,1-2H3,(H,12,19)(H,13,17)(H,15,16). The highest BCUT2D eigenvalue weighted by Crippen LogP contribution is 1.97. The first kappa shape index (κ1) is 14.7. The SMILES string of the molecule is CC(CCC(=O)O)NC(=O)c1c[nH]c(=O)n(C)c1=O. The number of aliphatic carboxylic acids is 1. The van der Waals surface area contributed by atoms with Gasteiger partial charge in [0.15, 0.2) is 0 Å². The molecule has 0 aliphatic rings. The summed E-state index contributed by atoms with van der Waals surface area (Å²) in [6.45, 7) is 1.64. The van der Waals surface area contributed by atoms with Crippen LogP contribution in [0, 0.1) is 0 Å². The van der Waals surface area contributed by atoms with Gasteiger partial charge >= 0.3 is 11.7 Å². The van der Waals surface area contributed by atoms with Crippen molar-refractivity contribution < 1.29 is 14.7 Å². The molecule has 1 aromatic rings. The number of amides is 1. The highest BCUT2D eigenvalue weighted by Gasteiger charge is 2.15. The zero-order valence-corrected chi connectivity index (χ0v) is 10.6. The van der Waals surface area contributed by atoms with E-state index in [1.54, 1.807) is 6.92 Å². The van der Waals surface area contributed by atoms with Gasteiger partial charge in [-0.2, -0.15) is 0 Å². The van der Waals surface area contributed by atoms with Crippen molar-refractivity contribution in [3.05, 3.63) is 32.6 Å². The number of nitrogens with zero attached hydrogens (tertiary/aromatic N) is 1. The van der Waals surface area contributed by atoms with Gasteiger partial charge in [0.05, 0.1) is 0 Å². The average Bonchev–Trinajstić information content (AvgIpc) is 2.33. The Labute approximate surface area is 108 Å². The van der Waals surface area contributed by atoms with Crippen molar-refractivity contribution in [3.8, 4) is 0 Å². The van der Waals surface area contributed by atoms with Gasteiger partial charge in [-0.25, -0.2) is 4.79 Å². The van der Waals surface area contributed by atoms with Crippen LogP contribution in [0.25, 0.3) is 0 Å². The largest absolute Gasteiger partial charge is 0.481 e. The number of nitrogens with one attached hydrogen (secondary N) is 2. The van der Waals surface area contributed by atoms with E-state index in [9.17, 15) is 19.2 Å². The molecule has 1 amide bonds. The molecule has 0 aromatic carbocycles. The van der Waals surface area contributed by atoms with Crippen molar-refractivity contribution in [1.29, 1.82) is 0 Å². The van der Waals surface area contributed by atoms with E-state index in [0.717, 1.165) is 10.8 Å². The molecule has 1 heterocycles. The first-order valence-corrected chi connectivity index (χ1v) is 5.64. The Kier molecular flexibility index (Phi) is 4.62. The van der Waals surface area contributed by atoms with Crippen LogP contribution in [-0.4, -0.2) is 32.6 Å². The third-order valence-corrected chi connectivity index (χ3v) is 2.59. The Morgan fingerprint density at radius 2 is 2.11 bits per heavy atom. The summed E-state index contributed by atoms with van der Waals surface area (Å²) in [6, 6.07) is -0.389. The zero-order chi connectivity index (χ0) is 14.6. The number of hydrogen-bond donors (Lipinski definition) is 3. The summed E-state index contributed by atoms with van der Waals surface area (Å²) in [7, 11) is 1.26. The highest BCUT2D eigenvalue weighted by molar-refractivity contribution is 5.93. The minimum atomic E-state index is -0.957. The van der Waals surface area contributed by atoms with Gasteiger partial charge in [-0.15, -0.1) is 0 Å². The van der Waals surface area contributed by atoms with Crippen molar-refractivity contribution in [2.45, 2.75) is 25.8 Å². The summed E-state index contributed by atoms with van der Waals surface area (Å²) in [4.78, 5) is 47.2. The first-order valence-electron chi connectivity index (χ1n) is 5.64. The summed E-state index contributed by atoms with van der Waals surface area (Å²) < 4.78 is 0.789. The molecule has 1 rings (SSSR count). The van der Waals surface area contributed by atoms with Crippen molar-refractivity contribution in [2.75, 3.05) is 0 Å². The molecule has 0 saturated carbocycles. The number of hydrogen-bond acceptors (Lipinski definition) is 4. The molecule has 1 aromatic heterocycles. The topological polar surface area (TPSA) is 121 Å². The summed E-state index contributed by atoms with van der Waals surface area (Å²) in [5.41, 5.74) is -1.50. The Balaban J connectivity index is 2.79. The van der Waals surface area contributed by atoms with Crippen molar-refractivity contribution in [2.24, 2.45) is 7.05 Å². The lowest BCUT2D eigenvalue weighted by Gasteiger charge is -2.12. The van der Waals surface area contributed by atoms with E-state index in [1.807, 2.05) is 0 Å². The maximum Gasteiger partial charge on any atom is 0.328 e. The number of rotatable bonds is 5. The molecule has 1 atom stereocenters. The predicted octanol–water partition coefficient (Wildman–Crippen LogP) is -0.943. The monoisotopic (exact) mass is 269 g/mol. The van der Waals surface area contributed by atoms with Crippen LogP contribution in [0.15, 0.2) is 15.8 Å². The van der Waals surface area contributed by atoms with E-state index in [4.69, 9.17) is 5.11 Å². The molecule has 104 valence electrons. The highest BCUT2D eigenvalue weighted by atomic mass is 16.4. The van der Waals surface area contributed by atoms with Gasteiger partial charge in [0.1, 0.15) is 5.56 Å². The number of aromatic nitrogens is 2. The lowest BCUT2D eigenvalue weighted by Crippen LogP contribution is -2.41. The Hall–Kier alpha value is -2.38. The van der Waals surface area contributed by atoms with E-state index >= 15 is 0 Å². The van der Waals surface area contributed by atoms with Gasteiger partial charge in [0, 0.05) is 25.7 Å².